The van der Waals surface area contributed by atoms with E-state index in [1.54, 1.807) is 6.07 Å². The van der Waals surface area contributed by atoms with Crippen LogP contribution in [0, 0.1) is 0 Å². The number of hydrogen-bond donors (Lipinski definition) is 1. The fraction of sp³-hybridized carbons (Fsp3) is 0.154. The number of nitrogens with zero attached hydrogens (tertiary/aromatic N) is 2. The van der Waals surface area contributed by atoms with E-state index < -0.39 is 6.36 Å². The standard InChI is InChI=1S/C13H8F3N3O2/c14-13(15,16)21-8-3-1-7(2-4-8)10-5-9-11(19-18-10)6-17-12(9)20/h1-5H,6H2,(H,17,20). The first-order valence-electron chi connectivity index (χ1n) is 5.93. The molecule has 1 amide bonds. The van der Waals surface area contributed by atoms with Crippen LogP contribution in [0.2, 0.25) is 0 Å². The Bertz CT molecular complexity index is 699. The molecule has 21 heavy (non-hydrogen) atoms. The van der Waals surface area contributed by atoms with Gasteiger partial charge in [0.05, 0.1) is 23.5 Å². The lowest BCUT2D eigenvalue weighted by atomic mass is 10.1. The molecule has 1 aliphatic heterocycles. The molecule has 0 unspecified atom stereocenters. The molecule has 0 saturated carbocycles. The number of aromatic nitrogens is 2. The van der Waals surface area contributed by atoms with Crippen LogP contribution in [-0.2, 0) is 6.54 Å². The van der Waals surface area contributed by atoms with Gasteiger partial charge in [0.15, 0.2) is 0 Å². The highest BCUT2D eigenvalue weighted by molar-refractivity contribution is 5.98. The van der Waals surface area contributed by atoms with Crippen LogP contribution in [-0.4, -0.2) is 22.5 Å². The number of ether oxygens (including phenoxy) is 1. The van der Waals surface area contributed by atoms with E-state index in [0.717, 1.165) is 0 Å². The molecule has 3 rings (SSSR count). The van der Waals surface area contributed by atoms with Gasteiger partial charge in [-0.05, 0) is 30.3 Å². The van der Waals surface area contributed by atoms with Crippen LogP contribution in [0.25, 0.3) is 11.3 Å². The predicted octanol–water partition coefficient (Wildman–Crippen LogP) is 2.29. The minimum atomic E-state index is -4.73. The highest BCUT2D eigenvalue weighted by Crippen LogP contribution is 2.26. The summed E-state index contributed by atoms with van der Waals surface area (Å²) in [4.78, 5) is 11.5. The van der Waals surface area contributed by atoms with Crippen molar-refractivity contribution in [2.75, 3.05) is 0 Å². The second-order valence-corrected chi connectivity index (χ2v) is 4.34. The Hall–Kier alpha value is -2.64. The zero-order chi connectivity index (χ0) is 15.0. The van der Waals surface area contributed by atoms with Gasteiger partial charge in [-0.3, -0.25) is 4.79 Å². The largest absolute Gasteiger partial charge is 0.573 e. The molecule has 2 heterocycles. The molecule has 0 atom stereocenters. The molecule has 0 bridgehead atoms. The third-order valence-electron chi connectivity index (χ3n) is 2.92. The average molecular weight is 295 g/mol. The monoisotopic (exact) mass is 295 g/mol. The van der Waals surface area contributed by atoms with Crippen LogP contribution in [0.1, 0.15) is 16.1 Å². The Morgan fingerprint density at radius 2 is 1.86 bits per heavy atom. The van der Waals surface area contributed by atoms with Crippen molar-refractivity contribution >= 4 is 5.91 Å². The zero-order valence-corrected chi connectivity index (χ0v) is 10.4. The fourth-order valence-corrected chi connectivity index (χ4v) is 1.97. The van der Waals surface area contributed by atoms with E-state index in [1.165, 1.54) is 24.3 Å². The number of hydrogen-bond acceptors (Lipinski definition) is 4. The summed E-state index contributed by atoms with van der Waals surface area (Å²) in [5, 5.41) is 10.5. The van der Waals surface area contributed by atoms with Crippen molar-refractivity contribution in [2.24, 2.45) is 0 Å². The molecule has 8 heteroatoms. The number of amides is 1. The Labute approximate surface area is 116 Å². The quantitative estimate of drug-likeness (QED) is 0.923. The maximum absolute atomic E-state index is 12.1. The van der Waals surface area contributed by atoms with Crippen molar-refractivity contribution in [2.45, 2.75) is 12.9 Å². The zero-order valence-electron chi connectivity index (χ0n) is 10.4. The third kappa shape index (κ3) is 2.78. The van der Waals surface area contributed by atoms with Gasteiger partial charge in [-0.2, -0.15) is 10.2 Å². The van der Waals surface area contributed by atoms with Crippen molar-refractivity contribution in [1.29, 1.82) is 0 Å². The maximum Gasteiger partial charge on any atom is 0.573 e. The first kappa shape index (κ1) is 13.3. The topological polar surface area (TPSA) is 64.1 Å². The Morgan fingerprint density at radius 3 is 2.52 bits per heavy atom. The van der Waals surface area contributed by atoms with Crippen molar-refractivity contribution in [3.63, 3.8) is 0 Å². The van der Waals surface area contributed by atoms with Gasteiger partial charge in [-0.1, -0.05) is 0 Å². The van der Waals surface area contributed by atoms with Crippen LogP contribution >= 0.6 is 0 Å². The summed E-state index contributed by atoms with van der Waals surface area (Å²) in [6, 6.07) is 6.76. The SMILES string of the molecule is O=C1NCc2nnc(-c3ccc(OC(F)(F)F)cc3)cc21. The Kier molecular flexibility index (Phi) is 3.00. The fourth-order valence-electron chi connectivity index (χ4n) is 1.97. The van der Waals surface area contributed by atoms with Crippen molar-refractivity contribution in [3.05, 3.63) is 41.6 Å². The van der Waals surface area contributed by atoms with E-state index in [0.29, 0.717) is 29.1 Å². The lowest BCUT2D eigenvalue weighted by molar-refractivity contribution is -0.274. The smallest absolute Gasteiger partial charge is 0.406 e. The molecule has 5 nitrogen and oxygen atoms in total. The summed E-state index contributed by atoms with van der Waals surface area (Å²) in [7, 11) is 0. The molecule has 0 fully saturated rings. The molecule has 0 saturated heterocycles. The van der Waals surface area contributed by atoms with Gasteiger partial charge < -0.3 is 10.1 Å². The normalized spacial score (nSPS) is 13.8. The molecule has 108 valence electrons. The second-order valence-electron chi connectivity index (χ2n) is 4.34. The van der Waals surface area contributed by atoms with Crippen LogP contribution in [0.15, 0.2) is 30.3 Å². The number of carbonyl (C=O) groups excluding carboxylic acids is 1. The summed E-state index contributed by atoms with van der Waals surface area (Å²) >= 11 is 0. The number of fused-ring (bicyclic) bond motifs is 1. The Morgan fingerprint density at radius 1 is 1.14 bits per heavy atom. The number of carbonyl (C=O) groups is 1. The van der Waals surface area contributed by atoms with Gasteiger partial charge in [0, 0.05) is 5.56 Å². The minimum Gasteiger partial charge on any atom is -0.406 e. The van der Waals surface area contributed by atoms with E-state index in [4.69, 9.17) is 0 Å². The molecule has 1 aromatic heterocycles. The maximum atomic E-state index is 12.1. The first-order chi connectivity index (χ1) is 9.92. The third-order valence-corrected chi connectivity index (χ3v) is 2.92. The predicted molar refractivity (Wildman–Crippen MR) is 65.3 cm³/mol. The van der Waals surface area contributed by atoms with E-state index in [-0.39, 0.29) is 11.7 Å². The van der Waals surface area contributed by atoms with Gasteiger partial charge in [-0.25, -0.2) is 0 Å². The minimum absolute atomic E-state index is 0.238. The average Bonchev–Trinajstić information content (AvgIpc) is 2.79. The van der Waals surface area contributed by atoms with Crippen LogP contribution < -0.4 is 10.1 Å². The van der Waals surface area contributed by atoms with E-state index in [1.807, 2.05) is 0 Å². The number of halogens is 3. The molecule has 0 spiro atoms. The van der Waals surface area contributed by atoms with Crippen molar-refractivity contribution < 1.29 is 22.7 Å². The van der Waals surface area contributed by atoms with E-state index >= 15 is 0 Å². The van der Waals surface area contributed by atoms with Crippen molar-refractivity contribution in [1.82, 2.24) is 15.5 Å². The number of nitrogens with one attached hydrogen (secondary N) is 1. The molecular weight excluding hydrogens is 287 g/mol. The van der Waals surface area contributed by atoms with Crippen LogP contribution in [0.3, 0.4) is 0 Å². The molecular formula is C13H8F3N3O2. The highest BCUT2D eigenvalue weighted by Gasteiger charge is 2.31. The van der Waals surface area contributed by atoms with E-state index in [2.05, 4.69) is 20.3 Å². The lowest BCUT2D eigenvalue weighted by Gasteiger charge is -2.09. The molecule has 0 aliphatic carbocycles. The summed E-state index contributed by atoms with van der Waals surface area (Å²) in [5.41, 5.74) is 1.93. The summed E-state index contributed by atoms with van der Waals surface area (Å²) < 4.78 is 40.0. The molecule has 0 radical (unpaired) electrons. The summed E-state index contributed by atoms with van der Waals surface area (Å²) in [5.74, 6) is -0.559. The first-order valence-corrected chi connectivity index (χ1v) is 5.93. The van der Waals surface area contributed by atoms with Gasteiger partial charge in [0.2, 0.25) is 0 Å². The van der Waals surface area contributed by atoms with Crippen LogP contribution in [0.5, 0.6) is 5.75 Å². The van der Waals surface area contributed by atoms with E-state index in [9.17, 15) is 18.0 Å². The number of alkyl halides is 3. The molecule has 1 N–H and O–H groups in total. The van der Waals surface area contributed by atoms with Gasteiger partial charge in [0.25, 0.3) is 5.91 Å². The number of benzene rings is 1. The highest BCUT2D eigenvalue weighted by atomic mass is 19.4. The summed E-state index contributed by atoms with van der Waals surface area (Å²) in [6.45, 7) is 0.333. The number of rotatable bonds is 2. The molecule has 1 aromatic carbocycles. The van der Waals surface area contributed by atoms with Gasteiger partial charge in [0.1, 0.15) is 5.75 Å². The lowest BCUT2D eigenvalue weighted by Crippen LogP contribution is -2.16. The molecule has 1 aliphatic rings. The van der Waals surface area contributed by atoms with Gasteiger partial charge >= 0.3 is 6.36 Å². The van der Waals surface area contributed by atoms with Gasteiger partial charge in [-0.15, -0.1) is 13.2 Å². The summed E-state index contributed by atoms with van der Waals surface area (Å²) in [6.07, 6.45) is -4.73. The second kappa shape index (κ2) is 4.72. The molecule has 2 aromatic rings. The Balaban J connectivity index is 1.88. The van der Waals surface area contributed by atoms with Crippen LogP contribution in [0.4, 0.5) is 13.2 Å². The van der Waals surface area contributed by atoms with Crippen molar-refractivity contribution in [3.8, 4) is 17.0 Å².